The number of ether oxygens (including phenoxy) is 1. The van der Waals surface area contributed by atoms with E-state index in [-0.39, 0.29) is 5.97 Å². The third-order valence-corrected chi connectivity index (χ3v) is 4.42. The number of halogens is 2. The number of aromatic nitrogens is 1. The summed E-state index contributed by atoms with van der Waals surface area (Å²) in [5.74, 6) is -0.353. The van der Waals surface area contributed by atoms with Crippen LogP contribution in [0.15, 0.2) is 48.7 Å². The minimum atomic E-state index is -0.654. The van der Waals surface area contributed by atoms with Crippen LogP contribution in [0.25, 0.3) is 10.9 Å². The normalized spacial score (nSPS) is 12.1. The molecule has 0 aliphatic rings. The molecule has 0 spiro atoms. The molecule has 3 rings (SSSR count). The van der Waals surface area contributed by atoms with Gasteiger partial charge in [0.05, 0.1) is 16.7 Å². The summed E-state index contributed by atoms with van der Waals surface area (Å²) in [5, 5.41) is 5.03. The number of fused-ring (bicyclic) bond motifs is 1. The van der Waals surface area contributed by atoms with Gasteiger partial charge in [-0.3, -0.25) is 0 Å². The molecular weight excluding hydrogens is 347 g/mol. The second-order valence-electron chi connectivity index (χ2n) is 5.25. The zero-order valence-corrected chi connectivity index (χ0v) is 14.5. The van der Waals surface area contributed by atoms with Gasteiger partial charge in [-0.1, -0.05) is 41.4 Å². The van der Waals surface area contributed by atoms with Gasteiger partial charge in [-0.05, 0) is 31.2 Å². The second kappa shape index (κ2) is 7.16. The van der Waals surface area contributed by atoms with Crippen molar-refractivity contribution in [1.82, 2.24) is 4.98 Å². The third-order valence-electron chi connectivity index (χ3n) is 3.69. The lowest BCUT2D eigenvalue weighted by molar-refractivity contribution is -0.144. The number of carbonyl (C=O) groups is 1. The fourth-order valence-corrected chi connectivity index (χ4v) is 2.87. The number of carbonyl (C=O) groups excluding carboxylic acids is 1. The van der Waals surface area contributed by atoms with Gasteiger partial charge in [0.2, 0.25) is 0 Å². The summed E-state index contributed by atoms with van der Waals surface area (Å²) in [6.07, 6.45) is 1.82. The van der Waals surface area contributed by atoms with Crippen molar-refractivity contribution in [3.05, 3.63) is 64.3 Å². The van der Waals surface area contributed by atoms with E-state index in [0.717, 1.165) is 16.5 Å². The molecule has 2 N–H and O–H groups in total. The minimum absolute atomic E-state index is 0.306. The first-order valence-electron chi connectivity index (χ1n) is 7.54. The highest BCUT2D eigenvalue weighted by molar-refractivity contribution is 6.42. The lowest BCUT2D eigenvalue weighted by Crippen LogP contribution is -2.23. The molecule has 1 heterocycles. The Morgan fingerprint density at radius 3 is 2.75 bits per heavy atom. The largest absolute Gasteiger partial charge is 0.464 e. The Morgan fingerprint density at radius 1 is 1.21 bits per heavy atom. The van der Waals surface area contributed by atoms with E-state index in [1.54, 1.807) is 25.1 Å². The first-order chi connectivity index (χ1) is 11.6. The Hall–Kier alpha value is -2.17. The van der Waals surface area contributed by atoms with Gasteiger partial charge in [0.15, 0.2) is 6.04 Å². The molecule has 1 unspecified atom stereocenters. The zero-order valence-electron chi connectivity index (χ0n) is 13.0. The van der Waals surface area contributed by atoms with Crippen LogP contribution in [0.3, 0.4) is 0 Å². The number of para-hydroxylation sites is 1. The van der Waals surface area contributed by atoms with Crippen molar-refractivity contribution in [1.29, 1.82) is 0 Å². The number of hydrogen-bond donors (Lipinski definition) is 2. The van der Waals surface area contributed by atoms with Crippen LogP contribution in [0.1, 0.15) is 18.5 Å². The summed E-state index contributed by atoms with van der Waals surface area (Å²) in [5.41, 5.74) is 2.46. The van der Waals surface area contributed by atoms with Crippen molar-refractivity contribution in [3.63, 3.8) is 0 Å². The minimum Gasteiger partial charge on any atom is -0.464 e. The molecule has 1 atom stereocenters. The number of hydrogen-bond acceptors (Lipinski definition) is 3. The molecule has 6 heteroatoms. The molecule has 0 saturated carbocycles. The van der Waals surface area contributed by atoms with Gasteiger partial charge in [-0.15, -0.1) is 0 Å². The summed E-state index contributed by atoms with van der Waals surface area (Å²) in [6, 6.07) is 12.3. The van der Waals surface area contributed by atoms with Gasteiger partial charge in [0.25, 0.3) is 0 Å². The van der Waals surface area contributed by atoms with Crippen LogP contribution in [-0.4, -0.2) is 17.6 Å². The van der Waals surface area contributed by atoms with Crippen molar-refractivity contribution in [2.24, 2.45) is 0 Å². The number of esters is 1. The molecule has 4 nitrogen and oxygen atoms in total. The summed E-state index contributed by atoms with van der Waals surface area (Å²) in [4.78, 5) is 15.7. The van der Waals surface area contributed by atoms with Gasteiger partial charge in [-0.25, -0.2) is 4.79 Å². The fourth-order valence-electron chi connectivity index (χ4n) is 2.57. The molecule has 0 fully saturated rings. The average molecular weight is 363 g/mol. The average Bonchev–Trinajstić information content (AvgIpc) is 3.00. The summed E-state index contributed by atoms with van der Waals surface area (Å²) in [6.45, 7) is 2.09. The molecule has 0 bridgehead atoms. The first kappa shape index (κ1) is 16.7. The molecule has 24 heavy (non-hydrogen) atoms. The maximum Gasteiger partial charge on any atom is 0.333 e. The van der Waals surface area contributed by atoms with Crippen molar-refractivity contribution in [2.45, 2.75) is 13.0 Å². The predicted octanol–water partition coefficient (Wildman–Crippen LogP) is 5.19. The monoisotopic (exact) mass is 362 g/mol. The van der Waals surface area contributed by atoms with Gasteiger partial charge in [0, 0.05) is 28.4 Å². The summed E-state index contributed by atoms with van der Waals surface area (Å²) < 4.78 is 5.23. The smallest absolute Gasteiger partial charge is 0.333 e. The standard InChI is InChI=1S/C18H16Cl2N2O2/c1-2-24-18(23)17(22-11-7-8-14(19)15(20)9-11)13-10-21-16-6-4-3-5-12(13)16/h3-10,17,21-22H,2H2,1H3. The molecule has 0 radical (unpaired) electrons. The highest BCUT2D eigenvalue weighted by Crippen LogP contribution is 2.31. The molecule has 0 aliphatic heterocycles. The van der Waals surface area contributed by atoms with Crippen LogP contribution < -0.4 is 5.32 Å². The van der Waals surface area contributed by atoms with Crippen LogP contribution in [0.5, 0.6) is 0 Å². The fraction of sp³-hybridized carbons (Fsp3) is 0.167. The van der Waals surface area contributed by atoms with E-state index in [2.05, 4.69) is 10.3 Å². The Morgan fingerprint density at radius 2 is 2.00 bits per heavy atom. The Kier molecular flexibility index (Phi) is 4.97. The first-order valence-corrected chi connectivity index (χ1v) is 8.30. The van der Waals surface area contributed by atoms with Crippen molar-refractivity contribution in [2.75, 3.05) is 11.9 Å². The van der Waals surface area contributed by atoms with Crippen LogP contribution in [0.2, 0.25) is 10.0 Å². The number of H-pyrrole nitrogens is 1. The maximum atomic E-state index is 12.5. The van der Waals surface area contributed by atoms with Crippen LogP contribution in [0.4, 0.5) is 5.69 Å². The third kappa shape index (κ3) is 3.35. The van der Waals surface area contributed by atoms with Crippen LogP contribution in [0, 0.1) is 0 Å². The van der Waals surface area contributed by atoms with Gasteiger partial charge >= 0.3 is 5.97 Å². The number of anilines is 1. The zero-order chi connectivity index (χ0) is 17.1. The van der Waals surface area contributed by atoms with E-state index in [0.29, 0.717) is 22.3 Å². The number of benzene rings is 2. The number of nitrogens with one attached hydrogen (secondary N) is 2. The maximum absolute atomic E-state index is 12.5. The molecule has 3 aromatic rings. The van der Waals surface area contributed by atoms with E-state index >= 15 is 0 Å². The highest BCUT2D eigenvalue weighted by Gasteiger charge is 2.25. The van der Waals surface area contributed by atoms with E-state index in [1.807, 2.05) is 30.5 Å². The molecule has 1 aromatic heterocycles. The van der Waals surface area contributed by atoms with E-state index in [1.165, 1.54) is 0 Å². The van der Waals surface area contributed by atoms with Crippen molar-refractivity contribution < 1.29 is 9.53 Å². The van der Waals surface area contributed by atoms with Crippen LogP contribution >= 0.6 is 23.2 Å². The Balaban J connectivity index is 2.00. The number of aromatic amines is 1. The summed E-state index contributed by atoms with van der Waals surface area (Å²) >= 11 is 12.0. The lowest BCUT2D eigenvalue weighted by Gasteiger charge is -2.18. The second-order valence-corrected chi connectivity index (χ2v) is 6.06. The Bertz CT molecular complexity index is 876. The van der Waals surface area contributed by atoms with Crippen molar-refractivity contribution >= 4 is 45.8 Å². The predicted molar refractivity (Wildman–Crippen MR) is 97.8 cm³/mol. The van der Waals surface area contributed by atoms with Gasteiger partial charge in [0.1, 0.15) is 0 Å². The highest BCUT2D eigenvalue weighted by atomic mass is 35.5. The lowest BCUT2D eigenvalue weighted by atomic mass is 10.1. The van der Waals surface area contributed by atoms with Gasteiger partial charge in [-0.2, -0.15) is 0 Å². The molecule has 124 valence electrons. The van der Waals surface area contributed by atoms with Gasteiger partial charge < -0.3 is 15.0 Å². The molecule has 0 amide bonds. The van der Waals surface area contributed by atoms with E-state index in [4.69, 9.17) is 27.9 Å². The molecule has 0 saturated heterocycles. The quantitative estimate of drug-likeness (QED) is 0.614. The SMILES string of the molecule is CCOC(=O)C(Nc1ccc(Cl)c(Cl)c1)c1c[nH]c2ccccc12. The summed E-state index contributed by atoms with van der Waals surface area (Å²) in [7, 11) is 0. The Labute approximate surface area is 149 Å². The van der Waals surface area contributed by atoms with E-state index < -0.39 is 6.04 Å². The number of rotatable bonds is 5. The van der Waals surface area contributed by atoms with Crippen LogP contribution in [-0.2, 0) is 9.53 Å². The molecule has 2 aromatic carbocycles. The van der Waals surface area contributed by atoms with Crippen molar-refractivity contribution in [3.8, 4) is 0 Å². The van der Waals surface area contributed by atoms with E-state index in [9.17, 15) is 4.79 Å². The molecule has 0 aliphatic carbocycles. The molecular formula is C18H16Cl2N2O2. The topological polar surface area (TPSA) is 54.1 Å².